The molecule has 0 heterocycles. The highest BCUT2D eigenvalue weighted by Gasteiger charge is 2.13. The van der Waals surface area contributed by atoms with Gasteiger partial charge in [0.1, 0.15) is 11.8 Å². The van der Waals surface area contributed by atoms with E-state index in [4.69, 9.17) is 10.00 Å². The summed E-state index contributed by atoms with van der Waals surface area (Å²) in [7, 11) is 1.52. The van der Waals surface area contributed by atoms with Crippen LogP contribution in [-0.2, 0) is 0 Å². The third kappa shape index (κ3) is 4.17. The normalized spacial score (nSPS) is 9.86. The van der Waals surface area contributed by atoms with Crippen molar-refractivity contribution >= 4 is 23.2 Å². The Morgan fingerprint density at radius 3 is 2.04 bits per heavy atom. The summed E-state index contributed by atoms with van der Waals surface area (Å²) >= 11 is 0. The van der Waals surface area contributed by atoms with Gasteiger partial charge in [0.05, 0.1) is 24.0 Å². The van der Waals surface area contributed by atoms with Gasteiger partial charge in [-0.05, 0) is 42.5 Å². The summed E-state index contributed by atoms with van der Waals surface area (Å²) in [5.74, 6) is -0.232. The van der Waals surface area contributed by atoms with Crippen molar-refractivity contribution in [3.8, 4) is 11.8 Å². The summed E-state index contributed by atoms with van der Waals surface area (Å²) in [5.41, 5.74) is 1.94. The zero-order valence-corrected chi connectivity index (χ0v) is 15.1. The van der Waals surface area contributed by atoms with E-state index in [0.717, 1.165) is 0 Å². The zero-order chi connectivity index (χ0) is 19.9. The van der Waals surface area contributed by atoms with Crippen LogP contribution < -0.4 is 15.4 Å². The number of anilines is 2. The number of nitrogens with zero attached hydrogens (tertiary/aromatic N) is 1. The number of rotatable bonds is 5. The monoisotopic (exact) mass is 371 g/mol. The molecule has 0 bridgehead atoms. The summed E-state index contributed by atoms with van der Waals surface area (Å²) in [6.45, 7) is 0. The van der Waals surface area contributed by atoms with Gasteiger partial charge in [0.15, 0.2) is 0 Å². The lowest BCUT2D eigenvalue weighted by atomic mass is 10.1. The number of methoxy groups -OCH3 is 1. The smallest absolute Gasteiger partial charge is 0.255 e. The van der Waals surface area contributed by atoms with Crippen molar-refractivity contribution < 1.29 is 14.3 Å². The Morgan fingerprint density at radius 1 is 0.821 bits per heavy atom. The first-order valence-corrected chi connectivity index (χ1v) is 8.47. The highest BCUT2D eigenvalue weighted by molar-refractivity contribution is 6.09. The molecule has 2 amide bonds. The fraction of sp³-hybridized carbons (Fsp3) is 0.0455. The molecule has 0 unspecified atom stereocenters. The predicted molar refractivity (Wildman–Crippen MR) is 106 cm³/mol. The second-order valence-electron chi connectivity index (χ2n) is 5.85. The molecule has 6 nitrogen and oxygen atoms in total. The maximum absolute atomic E-state index is 12.6. The number of hydrogen-bond donors (Lipinski definition) is 2. The SMILES string of the molecule is COc1ccccc1NC(=O)c1cccc(C(=O)Nc2ccccc2C#N)c1. The van der Waals surface area contributed by atoms with Crippen LogP contribution in [0.25, 0.3) is 0 Å². The Hall–Kier alpha value is -4.11. The average molecular weight is 371 g/mol. The lowest BCUT2D eigenvalue weighted by Crippen LogP contribution is -2.16. The molecule has 3 rings (SSSR count). The van der Waals surface area contributed by atoms with E-state index in [1.54, 1.807) is 66.7 Å². The fourth-order valence-electron chi connectivity index (χ4n) is 2.63. The minimum absolute atomic E-state index is 0.306. The molecule has 0 saturated heterocycles. The third-order valence-corrected chi connectivity index (χ3v) is 4.04. The van der Waals surface area contributed by atoms with E-state index >= 15 is 0 Å². The molecule has 0 saturated carbocycles. The van der Waals surface area contributed by atoms with Crippen molar-refractivity contribution in [1.82, 2.24) is 0 Å². The van der Waals surface area contributed by atoms with E-state index in [0.29, 0.717) is 33.8 Å². The standard InChI is InChI=1S/C22H17N3O3/c1-28-20-12-5-4-11-19(20)25-22(27)16-9-6-8-15(13-16)21(26)24-18-10-3-2-7-17(18)14-23/h2-13H,1H3,(H,24,26)(H,25,27). The van der Waals surface area contributed by atoms with Gasteiger partial charge in [-0.2, -0.15) is 5.26 Å². The molecule has 6 heteroatoms. The molecule has 3 aromatic carbocycles. The zero-order valence-electron chi connectivity index (χ0n) is 15.1. The molecule has 2 N–H and O–H groups in total. The number of hydrogen-bond acceptors (Lipinski definition) is 4. The van der Waals surface area contributed by atoms with Gasteiger partial charge < -0.3 is 15.4 Å². The van der Waals surface area contributed by atoms with E-state index in [2.05, 4.69) is 10.6 Å². The van der Waals surface area contributed by atoms with Gasteiger partial charge in [0, 0.05) is 11.1 Å². The van der Waals surface area contributed by atoms with Crippen molar-refractivity contribution in [1.29, 1.82) is 5.26 Å². The van der Waals surface area contributed by atoms with Gasteiger partial charge >= 0.3 is 0 Å². The average Bonchev–Trinajstić information content (AvgIpc) is 2.74. The number of carbonyl (C=O) groups excluding carboxylic acids is 2. The molecule has 0 aliphatic rings. The molecule has 28 heavy (non-hydrogen) atoms. The second-order valence-corrected chi connectivity index (χ2v) is 5.85. The number of amides is 2. The first-order valence-electron chi connectivity index (χ1n) is 8.47. The summed E-state index contributed by atoms with van der Waals surface area (Å²) < 4.78 is 5.23. The lowest BCUT2D eigenvalue weighted by molar-refractivity contribution is 0.102. The number of benzene rings is 3. The van der Waals surface area contributed by atoms with E-state index < -0.39 is 5.91 Å². The fourth-order valence-corrected chi connectivity index (χ4v) is 2.63. The molecule has 0 aromatic heterocycles. The summed E-state index contributed by atoms with van der Waals surface area (Å²) in [6.07, 6.45) is 0. The number of nitriles is 1. The maximum atomic E-state index is 12.6. The van der Waals surface area contributed by atoms with E-state index in [9.17, 15) is 9.59 Å². The van der Waals surface area contributed by atoms with Crippen molar-refractivity contribution in [3.63, 3.8) is 0 Å². The highest BCUT2D eigenvalue weighted by atomic mass is 16.5. The molecule has 0 aliphatic heterocycles. The van der Waals surface area contributed by atoms with Crippen LogP contribution in [0.15, 0.2) is 72.8 Å². The Balaban J connectivity index is 1.79. The van der Waals surface area contributed by atoms with Gasteiger partial charge in [-0.3, -0.25) is 9.59 Å². The first kappa shape index (κ1) is 18.7. The van der Waals surface area contributed by atoms with Crippen LogP contribution >= 0.6 is 0 Å². The third-order valence-electron chi connectivity index (χ3n) is 4.04. The quantitative estimate of drug-likeness (QED) is 0.707. The molecule has 0 spiro atoms. The summed E-state index contributed by atoms with van der Waals surface area (Å²) in [4.78, 5) is 25.1. The number of ether oxygens (including phenoxy) is 1. The predicted octanol–water partition coefficient (Wildman–Crippen LogP) is 4.07. The van der Waals surface area contributed by atoms with Crippen LogP contribution in [0.2, 0.25) is 0 Å². The van der Waals surface area contributed by atoms with Crippen LogP contribution in [0.3, 0.4) is 0 Å². The Kier molecular flexibility index (Phi) is 5.68. The summed E-state index contributed by atoms with van der Waals surface area (Å²) in [5, 5.41) is 14.6. The molecule has 0 fully saturated rings. The summed E-state index contributed by atoms with van der Waals surface area (Å²) in [6, 6.07) is 22.1. The Labute approximate surface area is 162 Å². The highest BCUT2D eigenvalue weighted by Crippen LogP contribution is 2.24. The number of carbonyl (C=O) groups is 2. The van der Waals surface area contributed by atoms with E-state index in [1.165, 1.54) is 13.2 Å². The van der Waals surface area contributed by atoms with Crippen molar-refractivity contribution in [2.24, 2.45) is 0 Å². The van der Waals surface area contributed by atoms with Gasteiger partial charge in [0.25, 0.3) is 11.8 Å². The molecule has 0 atom stereocenters. The van der Waals surface area contributed by atoms with E-state index in [-0.39, 0.29) is 5.91 Å². The van der Waals surface area contributed by atoms with Gasteiger partial charge in [-0.15, -0.1) is 0 Å². The molecule has 3 aromatic rings. The van der Waals surface area contributed by atoms with Crippen LogP contribution in [0.4, 0.5) is 11.4 Å². The number of para-hydroxylation sites is 3. The van der Waals surface area contributed by atoms with Crippen LogP contribution in [0, 0.1) is 11.3 Å². The van der Waals surface area contributed by atoms with Crippen LogP contribution in [0.1, 0.15) is 26.3 Å². The van der Waals surface area contributed by atoms with Crippen molar-refractivity contribution in [3.05, 3.63) is 89.5 Å². The molecule has 138 valence electrons. The van der Waals surface area contributed by atoms with E-state index in [1.807, 2.05) is 6.07 Å². The van der Waals surface area contributed by atoms with Gasteiger partial charge in [-0.25, -0.2) is 0 Å². The number of nitrogens with one attached hydrogen (secondary N) is 2. The van der Waals surface area contributed by atoms with Crippen LogP contribution in [-0.4, -0.2) is 18.9 Å². The lowest BCUT2D eigenvalue weighted by Gasteiger charge is -2.11. The minimum atomic E-state index is -0.408. The molecular weight excluding hydrogens is 354 g/mol. The van der Waals surface area contributed by atoms with Gasteiger partial charge in [0.2, 0.25) is 0 Å². The first-order chi connectivity index (χ1) is 13.6. The van der Waals surface area contributed by atoms with Crippen LogP contribution in [0.5, 0.6) is 5.75 Å². The Morgan fingerprint density at radius 2 is 1.39 bits per heavy atom. The van der Waals surface area contributed by atoms with Gasteiger partial charge in [-0.1, -0.05) is 30.3 Å². The largest absolute Gasteiger partial charge is 0.495 e. The Bertz CT molecular complexity index is 1070. The van der Waals surface area contributed by atoms with Crippen molar-refractivity contribution in [2.45, 2.75) is 0 Å². The second kappa shape index (κ2) is 8.52. The molecule has 0 aliphatic carbocycles. The minimum Gasteiger partial charge on any atom is -0.495 e. The van der Waals surface area contributed by atoms with Crippen molar-refractivity contribution in [2.75, 3.05) is 17.7 Å². The molecule has 0 radical (unpaired) electrons. The maximum Gasteiger partial charge on any atom is 0.255 e. The topological polar surface area (TPSA) is 91.2 Å². The molecular formula is C22H17N3O3.